The van der Waals surface area contributed by atoms with Gasteiger partial charge in [0.25, 0.3) is 0 Å². The van der Waals surface area contributed by atoms with E-state index >= 15 is 0 Å². The summed E-state index contributed by atoms with van der Waals surface area (Å²) >= 11 is 0. The summed E-state index contributed by atoms with van der Waals surface area (Å²) in [5.41, 5.74) is -0.871. The first-order valence-electron chi connectivity index (χ1n) is 3.90. The summed E-state index contributed by atoms with van der Waals surface area (Å²) in [4.78, 5) is 3.34. The molecule has 1 nitrogen and oxygen atoms in total. The van der Waals surface area contributed by atoms with Crippen molar-refractivity contribution < 1.29 is 13.2 Å². The van der Waals surface area contributed by atoms with Gasteiger partial charge >= 0.3 is 6.18 Å². The van der Waals surface area contributed by atoms with Gasteiger partial charge in [-0.25, -0.2) is 0 Å². The molecule has 1 aromatic heterocycles. The third kappa shape index (κ3) is 1.55. The minimum absolute atomic E-state index is 0.495. The molecule has 0 fully saturated rings. The average Bonchev–Trinajstić information content (AvgIpc) is 2.16. The van der Waals surface area contributed by atoms with Gasteiger partial charge in [0.05, 0.1) is 0 Å². The highest BCUT2D eigenvalue weighted by molar-refractivity contribution is 5.81. The fraction of sp³-hybridized carbons (Fsp3) is 0.100. The highest BCUT2D eigenvalue weighted by Crippen LogP contribution is 2.29. The van der Waals surface area contributed by atoms with Crippen molar-refractivity contribution in [2.45, 2.75) is 6.18 Å². The van der Waals surface area contributed by atoms with E-state index in [0.717, 1.165) is 6.07 Å². The quantitative estimate of drug-likeness (QED) is 0.631. The molecular weight excluding hydrogens is 191 g/mol. The van der Waals surface area contributed by atoms with Crippen LogP contribution in [0.2, 0.25) is 0 Å². The van der Waals surface area contributed by atoms with Crippen LogP contribution in [0.5, 0.6) is 0 Å². The van der Waals surface area contributed by atoms with Gasteiger partial charge in [0.2, 0.25) is 0 Å². The molecule has 1 heterocycles. The summed E-state index contributed by atoms with van der Waals surface area (Å²) in [6.07, 6.45) is -3.17. The van der Waals surface area contributed by atoms with Gasteiger partial charge in [0.1, 0.15) is 5.69 Å². The predicted octanol–water partition coefficient (Wildman–Crippen LogP) is 3.05. The lowest BCUT2D eigenvalue weighted by molar-refractivity contribution is -0.141. The molecule has 0 unspecified atom stereocenters. The summed E-state index contributed by atoms with van der Waals surface area (Å²) in [6, 6.07) is 8.55. The molecule has 0 amide bonds. The summed E-state index contributed by atoms with van der Waals surface area (Å²) in [7, 11) is 0. The number of benzene rings is 1. The standard InChI is InChI=1S/C10H5F3N/c11-10(12,13)9-5-7-3-1-2-4-8(7)6-14-9/h2-6H. The number of nitrogens with zero attached hydrogens (tertiary/aromatic N) is 1. The summed E-state index contributed by atoms with van der Waals surface area (Å²) < 4.78 is 36.7. The topological polar surface area (TPSA) is 12.9 Å². The maximum absolute atomic E-state index is 12.2. The third-order valence-electron chi connectivity index (χ3n) is 1.86. The molecule has 0 aliphatic carbocycles. The number of hydrogen-bond acceptors (Lipinski definition) is 1. The zero-order valence-electron chi connectivity index (χ0n) is 6.97. The number of aromatic nitrogens is 1. The maximum atomic E-state index is 12.2. The zero-order valence-corrected chi connectivity index (χ0v) is 6.97. The molecule has 0 aliphatic heterocycles. The van der Waals surface area contributed by atoms with Crippen LogP contribution in [0.25, 0.3) is 10.8 Å². The second-order valence-corrected chi connectivity index (χ2v) is 2.84. The van der Waals surface area contributed by atoms with Gasteiger partial charge in [-0.2, -0.15) is 13.2 Å². The van der Waals surface area contributed by atoms with Gasteiger partial charge in [-0.05, 0) is 23.6 Å². The van der Waals surface area contributed by atoms with E-state index in [-0.39, 0.29) is 0 Å². The van der Waals surface area contributed by atoms with E-state index < -0.39 is 11.9 Å². The second kappa shape index (κ2) is 2.97. The Kier molecular flexibility index (Phi) is 1.91. The predicted molar refractivity (Wildman–Crippen MR) is 45.6 cm³/mol. The number of pyridine rings is 1. The van der Waals surface area contributed by atoms with E-state index in [2.05, 4.69) is 11.1 Å². The number of hydrogen-bond donors (Lipinski definition) is 0. The normalized spacial score (nSPS) is 11.9. The molecule has 1 radical (unpaired) electrons. The van der Waals surface area contributed by atoms with Crippen molar-refractivity contribution in [2.75, 3.05) is 0 Å². The molecule has 14 heavy (non-hydrogen) atoms. The lowest BCUT2D eigenvalue weighted by Crippen LogP contribution is -2.07. The molecule has 0 spiro atoms. The number of alkyl halides is 3. The minimum atomic E-state index is -4.38. The van der Waals surface area contributed by atoms with E-state index in [9.17, 15) is 13.2 Å². The Hall–Kier alpha value is -1.58. The van der Waals surface area contributed by atoms with Crippen LogP contribution in [0, 0.1) is 6.07 Å². The van der Waals surface area contributed by atoms with E-state index in [4.69, 9.17) is 0 Å². The Morgan fingerprint density at radius 1 is 1.21 bits per heavy atom. The van der Waals surface area contributed by atoms with Gasteiger partial charge in [-0.15, -0.1) is 0 Å². The van der Waals surface area contributed by atoms with Crippen molar-refractivity contribution in [3.8, 4) is 0 Å². The van der Waals surface area contributed by atoms with Crippen LogP contribution in [0.15, 0.2) is 30.5 Å². The first-order valence-corrected chi connectivity index (χ1v) is 3.90. The summed E-state index contributed by atoms with van der Waals surface area (Å²) in [6.45, 7) is 0. The van der Waals surface area contributed by atoms with E-state index in [1.165, 1.54) is 12.3 Å². The van der Waals surface area contributed by atoms with Crippen molar-refractivity contribution in [1.82, 2.24) is 4.98 Å². The van der Waals surface area contributed by atoms with Crippen LogP contribution in [0.3, 0.4) is 0 Å². The van der Waals surface area contributed by atoms with E-state index in [1.807, 2.05) is 0 Å². The first-order chi connectivity index (χ1) is 6.57. The van der Waals surface area contributed by atoms with E-state index in [1.54, 1.807) is 12.1 Å². The maximum Gasteiger partial charge on any atom is 0.433 e. The lowest BCUT2D eigenvalue weighted by Gasteiger charge is -2.05. The Morgan fingerprint density at radius 2 is 2.00 bits per heavy atom. The first kappa shape index (κ1) is 8.99. The zero-order chi connectivity index (χ0) is 10.2. The molecule has 2 rings (SSSR count). The molecular formula is C10H5F3N. The fourth-order valence-electron chi connectivity index (χ4n) is 1.18. The molecule has 0 N–H and O–H groups in total. The van der Waals surface area contributed by atoms with Gasteiger partial charge < -0.3 is 0 Å². The molecule has 0 atom stereocenters. The molecule has 0 bridgehead atoms. The van der Waals surface area contributed by atoms with Gasteiger partial charge in [-0.3, -0.25) is 4.98 Å². The monoisotopic (exact) mass is 196 g/mol. The average molecular weight is 196 g/mol. The van der Waals surface area contributed by atoms with Crippen LogP contribution >= 0.6 is 0 Å². The second-order valence-electron chi connectivity index (χ2n) is 2.84. The summed E-state index contributed by atoms with van der Waals surface area (Å²) in [5, 5.41) is 1.17. The molecule has 4 heteroatoms. The van der Waals surface area contributed by atoms with Crippen LogP contribution in [-0.2, 0) is 6.18 Å². The number of fused-ring (bicyclic) bond motifs is 1. The van der Waals surface area contributed by atoms with Crippen LogP contribution in [0.4, 0.5) is 13.2 Å². The number of halogens is 3. The van der Waals surface area contributed by atoms with Crippen molar-refractivity contribution in [1.29, 1.82) is 0 Å². The van der Waals surface area contributed by atoms with Crippen molar-refractivity contribution >= 4 is 10.8 Å². The van der Waals surface area contributed by atoms with Crippen molar-refractivity contribution in [3.05, 3.63) is 42.2 Å². The summed E-state index contributed by atoms with van der Waals surface area (Å²) in [5.74, 6) is 0. The smallest absolute Gasteiger partial charge is 0.251 e. The molecule has 0 saturated heterocycles. The molecule has 1 aromatic carbocycles. The van der Waals surface area contributed by atoms with Crippen molar-refractivity contribution in [3.63, 3.8) is 0 Å². The van der Waals surface area contributed by atoms with Gasteiger partial charge in [0, 0.05) is 11.6 Å². The third-order valence-corrected chi connectivity index (χ3v) is 1.86. The molecule has 71 valence electrons. The Balaban J connectivity index is 2.63. The number of rotatable bonds is 0. The van der Waals surface area contributed by atoms with Crippen molar-refractivity contribution in [2.24, 2.45) is 0 Å². The van der Waals surface area contributed by atoms with Crippen LogP contribution in [0.1, 0.15) is 5.69 Å². The largest absolute Gasteiger partial charge is 0.433 e. The highest BCUT2D eigenvalue weighted by Gasteiger charge is 2.32. The van der Waals surface area contributed by atoms with Crippen LogP contribution < -0.4 is 0 Å². The van der Waals surface area contributed by atoms with Gasteiger partial charge in [-0.1, -0.05) is 12.1 Å². The Morgan fingerprint density at radius 3 is 2.71 bits per heavy atom. The van der Waals surface area contributed by atoms with E-state index in [0.29, 0.717) is 10.8 Å². The molecule has 0 aliphatic rings. The lowest BCUT2D eigenvalue weighted by atomic mass is 10.1. The molecule has 2 aromatic rings. The fourth-order valence-corrected chi connectivity index (χ4v) is 1.18. The Labute approximate surface area is 78.2 Å². The molecule has 0 saturated carbocycles. The van der Waals surface area contributed by atoms with Gasteiger partial charge in [0.15, 0.2) is 0 Å². The SMILES string of the molecule is FC(F)(F)c1cc2c[c]ccc2cn1. The van der Waals surface area contributed by atoms with Crippen LogP contribution in [-0.4, -0.2) is 4.98 Å². The minimum Gasteiger partial charge on any atom is -0.251 e. The Bertz CT molecular complexity index is 462. The highest BCUT2D eigenvalue weighted by atomic mass is 19.4.